The quantitative estimate of drug-likeness (QED) is 0.849. The monoisotopic (exact) mass is 300 g/mol. The van der Waals surface area contributed by atoms with E-state index in [1.165, 1.54) is 7.11 Å². The van der Waals surface area contributed by atoms with E-state index in [1.54, 1.807) is 23.1 Å². The fourth-order valence-corrected chi connectivity index (χ4v) is 1.97. The summed E-state index contributed by atoms with van der Waals surface area (Å²) >= 11 is 10.8. The van der Waals surface area contributed by atoms with Gasteiger partial charge in [-0.15, -0.1) is 0 Å². The summed E-state index contributed by atoms with van der Waals surface area (Å²) < 4.78 is 5.19. The van der Waals surface area contributed by atoms with Crippen molar-refractivity contribution in [1.29, 1.82) is 0 Å². The number of thiocarbonyl (C=S) groups is 1. The highest BCUT2D eigenvalue weighted by atomic mass is 35.5. The molecule has 1 aromatic rings. The zero-order valence-corrected chi connectivity index (χ0v) is 12.7. The minimum atomic E-state index is -0.206. The van der Waals surface area contributed by atoms with Crippen LogP contribution in [0.25, 0.3) is 0 Å². The number of carbonyl (C=O) groups excluding carboxylic acids is 1. The summed E-state index contributed by atoms with van der Waals surface area (Å²) in [6, 6.07) is 4.88. The molecule has 0 fully saturated rings. The van der Waals surface area contributed by atoms with Crippen LogP contribution in [0.5, 0.6) is 5.75 Å². The third-order valence-corrected chi connectivity index (χ3v) is 2.97. The topological polar surface area (TPSA) is 55.6 Å². The molecule has 1 aromatic carbocycles. The van der Waals surface area contributed by atoms with Gasteiger partial charge in [-0.25, -0.2) is 0 Å². The fraction of sp³-hybridized carbons (Fsp3) is 0.385. The molecule has 6 heteroatoms. The van der Waals surface area contributed by atoms with Gasteiger partial charge in [-0.3, -0.25) is 4.79 Å². The van der Waals surface area contributed by atoms with Crippen LogP contribution in [0.2, 0.25) is 5.02 Å². The number of nitrogens with two attached hydrogens (primary N) is 1. The van der Waals surface area contributed by atoms with Crippen molar-refractivity contribution in [3.8, 4) is 5.75 Å². The van der Waals surface area contributed by atoms with E-state index in [2.05, 4.69) is 0 Å². The van der Waals surface area contributed by atoms with Gasteiger partial charge in [0.05, 0.1) is 24.2 Å². The van der Waals surface area contributed by atoms with E-state index in [4.69, 9.17) is 34.3 Å². The first-order valence-corrected chi connectivity index (χ1v) is 6.58. The second-order valence-electron chi connectivity index (χ2n) is 4.34. The lowest BCUT2D eigenvalue weighted by atomic mass is 10.1. The smallest absolute Gasteiger partial charge is 0.258 e. The van der Waals surface area contributed by atoms with Crippen molar-refractivity contribution in [3.63, 3.8) is 0 Å². The van der Waals surface area contributed by atoms with Crippen molar-refractivity contribution < 1.29 is 9.53 Å². The summed E-state index contributed by atoms with van der Waals surface area (Å²) in [6.45, 7) is 4.02. The van der Waals surface area contributed by atoms with Gasteiger partial charge in [0.15, 0.2) is 0 Å². The van der Waals surface area contributed by atoms with Gasteiger partial charge in [-0.2, -0.15) is 0 Å². The first-order valence-electron chi connectivity index (χ1n) is 5.79. The minimum absolute atomic E-state index is 0.0299. The molecule has 4 nitrogen and oxygen atoms in total. The van der Waals surface area contributed by atoms with Crippen LogP contribution in [0.3, 0.4) is 0 Å². The molecule has 0 spiro atoms. The van der Waals surface area contributed by atoms with Crippen LogP contribution in [0.15, 0.2) is 18.2 Å². The molecule has 0 saturated heterocycles. The Morgan fingerprint density at radius 1 is 1.53 bits per heavy atom. The molecule has 2 N–H and O–H groups in total. The fourth-order valence-electron chi connectivity index (χ4n) is 1.66. The van der Waals surface area contributed by atoms with Crippen LogP contribution in [0.1, 0.15) is 24.2 Å². The molecule has 104 valence electrons. The maximum absolute atomic E-state index is 12.5. The van der Waals surface area contributed by atoms with E-state index in [1.807, 2.05) is 13.8 Å². The predicted octanol–water partition coefficient (Wildman–Crippen LogP) is 2.49. The van der Waals surface area contributed by atoms with Crippen LogP contribution in [0, 0.1) is 0 Å². The van der Waals surface area contributed by atoms with Crippen LogP contribution in [-0.2, 0) is 0 Å². The third-order valence-electron chi connectivity index (χ3n) is 2.60. The number of methoxy groups -OCH3 is 1. The molecule has 0 radical (unpaired) electrons. The number of amides is 1. The van der Waals surface area contributed by atoms with E-state index in [0.29, 0.717) is 16.3 Å². The van der Waals surface area contributed by atoms with Gasteiger partial charge >= 0.3 is 0 Å². The zero-order valence-electron chi connectivity index (χ0n) is 11.1. The van der Waals surface area contributed by atoms with Gasteiger partial charge in [-0.05, 0) is 32.0 Å². The van der Waals surface area contributed by atoms with Crippen molar-refractivity contribution in [3.05, 3.63) is 28.8 Å². The summed E-state index contributed by atoms with van der Waals surface area (Å²) in [6.07, 6.45) is 0. The van der Waals surface area contributed by atoms with E-state index < -0.39 is 0 Å². The maximum atomic E-state index is 12.5. The average molecular weight is 301 g/mol. The molecule has 0 heterocycles. The largest absolute Gasteiger partial charge is 0.496 e. The lowest BCUT2D eigenvalue weighted by Gasteiger charge is -2.27. The first-order chi connectivity index (χ1) is 8.86. The maximum Gasteiger partial charge on any atom is 0.258 e. The molecule has 0 saturated carbocycles. The molecular formula is C13H17ClN2O2S. The van der Waals surface area contributed by atoms with Crippen LogP contribution in [0.4, 0.5) is 0 Å². The molecule has 1 rings (SSSR count). The second-order valence-corrected chi connectivity index (χ2v) is 5.30. The summed E-state index contributed by atoms with van der Waals surface area (Å²) in [5.74, 6) is 0.269. The summed E-state index contributed by atoms with van der Waals surface area (Å²) in [4.78, 5) is 14.4. The molecule has 0 aliphatic heterocycles. The Morgan fingerprint density at radius 3 is 2.63 bits per heavy atom. The van der Waals surface area contributed by atoms with E-state index in [9.17, 15) is 4.79 Å². The minimum Gasteiger partial charge on any atom is -0.496 e. The van der Waals surface area contributed by atoms with Gasteiger partial charge in [0.25, 0.3) is 5.91 Å². The average Bonchev–Trinajstić information content (AvgIpc) is 2.34. The molecule has 0 aliphatic rings. The predicted molar refractivity (Wildman–Crippen MR) is 81.0 cm³/mol. The zero-order chi connectivity index (χ0) is 14.6. The number of ether oxygens (including phenoxy) is 1. The lowest BCUT2D eigenvalue weighted by molar-refractivity contribution is 0.0733. The Labute approximate surface area is 123 Å². The Bertz CT molecular complexity index is 492. The highest BCUT2D eigenvalue weighted by Crippen LogP contribution is 2.24. The molecular weight excluding hydrogens is 284 g/mol. The molecule has 0 bridgehead atoms. The molecule has 1 amide bonds. The summed E-state index contributed by atoms with van der Waals surface area (Å²) in [5.41, 5.74) is 5.93. The molecule has 0 aliphatic carbocycles. The number of halogens is 1. The van der Waals surface area contributed by atoms with Crippen molar-refractivity contribution in [2.24, 2.45) is 5.73 Å². The van der Waals surface area contributed by atoms with E-state index >= 15 is 0 Å². The molecule has 19 heavy (non-hydrogen) atoms. The van der Waals surface area contributed by atoms with E-state index in [-0.39, 0.29) is 23.5 Å². The molecule has 0 atom stereocenters. The van der Waals surface area contributed by atoms with Gasteiger partial charge in [-0.1, -0.05) is 23.8 Å². The van der Waals surface area contributed by atoms with Crippen molar-refractivity contribution in [2.75, 3.05) is 13.7 Å². The van der Waals surface area contributed by atoms with Crippen molar-refractivity contribution in [2.45, 2.75) is 19.9 Å². The number of benzene rings is 1. The summed E-state index contributed by atoms with van der Waals surface area (Å²) in [7, 11) is 1.51. The highest BCUT2D eigenvalue weighted by Gasteiger charge is 2.22. The van der Waals surface area contributed by atoms with Crippen molar-refractivity contribution in [1.82, 2.24) is 4.90 Å². The SMILES string of the molecule is COc1ccc(Cl)cc1C(=O)N(CC(N)=S)C(C)C. The number of carbonyl (C=O) groups is 1. The summed E-state index contributed by atoms with van der Waals surface area (Å²) in [5, 5.41) is 0.475. The third kappa shape index (κ3) is 4.08. The van der Waals surface area contributed by atoms with Crippen LogP contribution < -0.4 is 10.5 Å². The van der Waals surface area contributed by atoms with Gasteiger partial charge < -0.3 is 15.4 Å². The standard InChI is InChI=1S/C13H17ClN2O2S/c1-8(2)16(7-12(15)19)13(17)10-6-9(14)4-5-11(10)18-3/h4-6,8H,7H2,1-3H3,(H2,15,19). The highest BCUT2D eigenvalue weighted by molar-refractivity contribution is 7.80. The normalized spacial score (nSPS) is 10.4. The van der Waals surface area contributed by atoms with Crippen molar-refractivity contribution >= 4 is 34.7 Å². The Kier molecular flexibility index (Phi) is 5.57. The Morgan fingerprint density at radius 2 is 2.16 bits per heavy atom. The number of hydrogen-bond donors (Lipinski definition) is 1. The van der Waals surface area contributed by atoms with Gasteiger partial charge in [0.1, 0.15) is 5.75 Å². The Balaban J connectivity index is 3.15. The van der Waals surface area contributed by atoms with Gasteiger partial charge in [0.2, 0.25) is 0 Å². The number of rotatable bonds is 5. The second kappa shape index (κ2) is 6.73. The molecule has 0 aromatic heterocycles. The lowest BCUT2D eigenvalue weighted by Crippen LogP contribution is -2.42. The van der Waals surface area contributed by atoms with Crippen LogP contribution in [-0.4, -0.2) is 35.5 Å². The Hall–Kier alpha value is -1.33. The van der Waals surface area contributed by atoms with Crippen LogP contribution >= 0.6 is 23.8 Å². The van der Waals surface area contributed by atoms with E-state index in [0.717, 1.165) is 0 Å². The first kappa shape index (κ1) is 15.7. The van der Waals surface area contributed by atoms with Gasteiger partial charge in [0, 0.05) is 11.1 Å². The number of hydrogen-bond acceptors (Lipinski definition) is 3. The number of nitrogens with zero attached hydrogens (tertiary/aromatic N) is 1. The molecule has 0 unspecified atom stereocenters.